The molecule has 5 heteroatoms. The molecule has 5 nitrogen and oxygen atoms in total. The van der Waals surface area contributed by atoms with E-state index in [0.717, 1.165) is 28.0 Å². The highest BCUT2D eigenvalue weighted by molar-refractivity contribution is 5.91. The zero-order valence-electron chi connectivity index (χ0n) is 15.6. The number of carbonyl (C=O) groups is 1. The number of methoxy groups -OCH3 is 1. The van der Waals surface area contributed by atoms with Crippen molar-refractivity contribution >= 4 is 16.9 Å². The van der Waals surface area contributed by atoms with Crippen LogP contribution in [-0.2, 0) is 6.42 Å². The third-order valence-electron chi connectivity index (χ3n) is 4.57. The Morgan fingerprint density at radius 1 is 1.04 bits per heavy atom. The van der Waals surface area contributed by atoms with E-state index in [-0.39, 0.29) is 0 Å². The van der Waals surface area contributed by atoms with Crippen LogP contribution >= 0.6 is 0 Å². The molecule has 0 bridgehead atoms. The summed E-state index contributed by atoms with van der Waals surface area (Å²) in [7, 11) is 1.65. The summed E-state index contributed by atoms with van der Waals surface area (Å²) in [6, 6.07) is 20.3. The van der Waals surface area contributed by atoms with Gasteiger partial charge in [0.2, 0.25) is 0 Å². The van der Waals surface area contributed by atoms with Crippen molar-refractivity contribution in [3.63, 3.8) is 0 Å². The van der Waals surface area contributed by atoms with Crippen molar-refractivity contribution in [3.8, 4) is 11.5 Å². The van der Waals surface area contributed by atoms with Crippen LogP contribution in [0.3, 0.4) is 0 Å². The molecule has 140 valence electrons. The molecule has 3 aromatic carbocycles. The van der Waals surface area contributed by atoms with Crippen molar-refractivity contribution in [2.45, 2.75) is 13.3 Å². The van der Waals surface area contributed by atoms with E-state index in [1.165, 1.54) is 0 Å². The third kappa shape index (κ3) is 3.60. The smallest absolute Gasteiger partial charge is 0.343 e. The molecule has 0 aliphatic carbocycles. The minimum Gasteiger partial charge on any atom is -0.496 e. The summed E-state index contributed by atoms with van der Waals surface area (Å²) >= 11 is 0. The molecule has 0 atom stereocenters. The number of rotatable bonds is 5. The van der Waals surface area contributed by atoms with E-state index in [2.05, 4.69) is 5.16 Å². The van der Waals surface area contributed by atoms with Crippen LogP contribution in [0.25, 0.3) is 11.0 Å². The van der Waals surface area contributed by atoms with Gasteiger partial charge in [0.25, 0.3) is 0 Å². The lowest BCUT2D eigenvalue weighted by Crippen LogP contribution is -2.08. The Morgan fingerprint density at radius 3 is 2.61 bits per heavy atom. The molecule has 28 heavy (non-hydrogen) atoms. The highest BCUT2D eigenvalue weighted by Gasteiger charge is 2.14. The van der Waals surface area contributed by atoms with Gasteiger partial charge in [-0.25, -0.2) is 4.79 Å². The van der Waals surface area contributed by atoms with Gasteiger partial charge >= 0.3 is 5.97 Å². The first-order valence-corrected chi connectivity index (χ1v) is 8.93. The number of carbonyl (C=O) groups excluding carboxylic acids is 1. The molecular formula is C23H19NO4. The van der Waals surface area contributed by atoms with Crippen LogP contribution in [0.15, 0.2) is 71.3 Å². The molecule has 0 aliphatic heterocycles. The van der Waals surface area contributed by atoms with Crippen LogP contribution in [0.2, 0.25) is 0 Å². The summed E-state index contributed by atoms with van der Waals surface area (Å²) in [4.78, 5) is 12.3. The maximum atomic E-state index is 12.3. The van der Waals surface area contributed by atoms with Crippen LogP contribution in [-0.4, -0.2) is 18.2 Å². The van der Waals surface area contributed by atoms with E-state index >= 15 is 0 Å². The molecule has 0 aliphatic rings. The molecule has 0 spiro atoms. The highest BCUT2D eigenvalue weighted by atomic mass is 16.5. The van der Waals surface area contributed by atoms with Gasteiger partial charge in [-0.3, -0.25) is 0 Å². The van der Waals surface area contributed by atoms with E-state index < -0.39 is 5.97 Å². The second kappa shape index (κ2) is 7.56. The summed E-state index contributed by atoms with van der Waals surface area (Å²) in [5.41, 5.74) is 3.98. The van der Waals surface area contributed by atoms with E-state index in [4.69, 9.17) is 14.0 Å². The van der Waals surface area contributed by atoms with Crippen LogP contribution in [0.1, 0.15) is 27.2 Å². The minimum absolute atomic E-state index is 0.409. The van der Waals surface area contributed by atoms with Crippen molar-refractivity contribution in [1.29, 1.82) is 0 Å². The van der Waals surface area contributed by atoms with Gasteiger partial charge in [-0.05, 0) is 37.3 Å². The SMILES string of the molecule is COc1ccccc1Cc1noc2cc(OC(=O)c3ccc(C)cc3)ccc12. The number of para-hydroxylation sites is 1. The number of hydrogen-bond donors (Lipinski definition) is 0. The first-order chi connectivity index (χ1) is 13.6. The van der Waals surface area contributed by atoms with Crippen molar-refractivity contribution in [2.75, 3.05) is 7.11 Å². The summed E-state index contributed by atoms with van der Waals surface area (Å²) < 4.78 is 16.3. The van der Waals surface area contributed by atoms with Crippen LogP contribution < -0.4 is 9.47 Å². The zero-order valence-corrected chi connectivity index (χ0v) is 15.6. The lowest BCUT2D eigenvalue weighted by atomic mass is 10.1. The Balaban J connectivity index is 1.56. The van der Waals surface area contributed by atoms with Crippen LogP contribution in [0.4, 0.5) is 0 Å². The zero-order chi connectivity index (χ0) is 19.5. The predicted octanol–water partition coefficient (Wildman–Crippen LogP) is 4.95. The molecule has 1 aromatic heterocycles. The number of fused-ring (bicyclic) bond motifs is 1. The number of aromatic nitrogens is 1. The number of nitrogens with zero attached hydrogens (tertiary/aromatic N) is 1. The number of hydrogen-bond acceptors (Lipinski definition) is 5. The Labute approximate surface area is 162 Å². The van der Waals surface area contributed by atoms with Crippen LogP contribution in [0.5, 0.6) is 11.5 Å². The van der Waals surface area contributed by atoms with Gasteiger partial charge in [-0.15, -0.1) is 0 Å². The molecule has 4 aromatic rings. The van der Waals surface area contributed by atoms with Crippen molar-refractivity contribution in [1.82, 2.24) is 5.16 Å². The lowest BCUT2D eigenvalue weighted by molar-refractivity contribution is 0.0735. The van der Waals surface area contributed by atoms with Gasteiger partial charge in [-0.2, -0.15) is 0 Å². The Bertz CT molecular complexity index is 1130. The molecule has 1 heterocycles. The summed E-state index contributed by atoms with van der Waals surface area (Å²) in [6.07, 6.45) is 0.583. The van der Waals surface area contributed by atoms with Crippen molar-refractivity contribution < 1.29 is 18.8 Å². The molecule has 0 N–H and O–H groups in total. The maximum absolute atomic E-state index is 12.3. The summed E-state index contributed by atoms with van der Waals surface area (Å²) in [5, 5.41) is 5.06. The van der Waals surface area contributed by atoms with Crippen molar-refractivity contribution in [2.24, 2.45) is 0 Å². The van der Waals surface area contributed by atoms with Crippen LogP contribution in [0, 0.1) is 6.92 Å². The largest absolute Gasteiger partial charge is 0.496 e. The number of benzene rings is 3. The number of aryl methyl sites for hydroxylation is 1. The molecule has 0 saturated carbocycles. The monoisotopic (exact) mass is 373 g/mol. The lowest BCUT2D eigenvalue weighted by Gasteiger charge is -2.06. The standard InChI is InChI=1S/C23H19NO4/c1-15-7-9-16(10-8-15)23(25)27-18-11-12-19-20(24-28-22(19)14-18)13-17-5-3-4-6-21(17)26-2/h3-12,14H,13H2,1-2H3. The van der Waals surface area contributed by atoms with Gasteiger partial charge in [-0.1, -0.05) is 41.1 Å². The van der Waals surface area contributed by atoms with E-state index in [9.17, 15) is 4.79 Å². The fraction of sp³-hybridized carbons (Fsp3) is 0.130. The quantitative estimate of drug-likeness (QED) is 0.366. The molecule has 0 amide bonds. The van der Waals surface area contributed by atoms with Gasteiger partial charge in [0.1, 0.15) is 11.5 Å². The van der Waals surface area contributed by atoms with E-state index in [1.807, 2.05) is 49.4 Å². The molecular weight excluding hydrogens is 354 g/mol. The van der Waals surface area contributed by atoms with Gasteiger partial charge in [0.15, 0.2) is 5.58 Å². The fourth-order valence-electron chi connectivity index (χ4n) is 3.05. The number of ether oxygens (including phenoxy) is 2. The molecule has 4 rings (SSSR count). The first-order valence-electron chi connectivity index (χ1n) is 8.93. The first kappa shape index (κ1) is 17.8. The van der Waals surface area contributed by atoms with Gasteiger partial charge in [0.05, 0.1) is 18.4 Å². The third-order valence-corrected chi connectivity index (χ3v) is 4.57. The predicted molar refractivity (Wildman–Crippen MR) is 106 cm³/mol. The normalized spacial score (nSPS) is 10.8. The minimum atomic E-state index is -0.409. The number of esters is 1. The van der Waals surface area contributed by atoms with Crippen molar-refractivity contribution in [3.05, 3.63) is 89.1 Å². The van der Waals surface area contributed by atoms with E-state index in [0.29, 0.717) is 23.3 Å². The Hall–Kier alpha value is -3.60. The molecule has 0 radical (unpaired) electrons. The fourth-order valence-corrected chi connectivity index (χ4v) is 3.05. The maximum Gasteiger partial charge on any atom is 0.343 e. The highest BCUT2D eigenvalue weighted by Crippen LogP contribution is 2.28. The van der Waals surface area contributed by atoms with Gasteiger partial charge < -0.3 is 14.0 Å². The topological polar surface area (TPSA) is 61.6 Å². The van der Waals surface area contributed by atoms with E-state index in [1.54, 1.807) is 31.4 Å². The Kier molecular flexibility index (Phi) is 4.81. The average molecular weight is 373 g/mol. The van der Waals surface area contributed by atoms with Gasteiger partial charge in [0, 0.05) is 23.4 Å². The molecule has 0 saturated heterocycles. The summed E-state index contributed by atoms with van der Waals surface area (Å²) in [6.45, 7) is 1.97. The summed E-state index contributed by atoms with van der Waals surface area (Å²) in [5.74, 6) is 0.813. The second-order valence-corrected chi connectivity index (χ2v) is 6.53. The molecule has 0 unspecified atom stereocenters. The Morgan fingerprint density at radius 2 is 1.82 bits per heavy atom. The molecule has 0 fully saturated rings. The average Bonchev–Trinajstić information content (AvgIpc) is 3.11. The second-order valence-electron chi connectivity index (χ2n) is 6.53.